The molecule has 3 aromatic rings. The van der Waals surface area contributed by atoms with Gasteiger partial charge in [0.15, 0.2) is 0 Å². The number of benzene rings is 1. The van der Waals surface area contributed by atoms with E-state index < -0.39 is 0 Å². The summed E-state index contributed by atoms with van der Waals surface area (Å²) in [6.07, 6.45) is 2.68. The van der Waals surface area contributed by atoms with Gasteiger partial charge in [0.2, 0.25) is 0 Å². The third-order valence-electron chi connectivity index (χ3n) is 3.95. The first-order valence-corrected chi connectivity index (χ1v) is 10.7. The second kappa shape index (κ2) is 6.82. The second-order valence-electron chi connectivity index (χ2n) is 5.48. The average molecular weight is 514 g/mol. The summed E-state index contributed by atoms with van der Waals surface area (Å²) in [7, 11) is 0. The van der Waals surface area contributed by atoms with Gasteiger partial charge >= 0.3 is 167 Å². The standard InChI is InChI=1S/C15H16AsIN6S/c16-13-12-14(21-7-20-13)23(4-2-18)15(22-12)24-11-5-8-1-3-19-10(8)6-9(11)17/h5-7,19H,1-4,16,18H2. The Morgan fingerprint density at radius 1 is 1.38 bits per heavy atom. The van der Waals surface area contributed by atoms with Gasteiger partial charge in [-0.3, -0.25) is 0 Å². The molecule has 124 valence electrons. The molecule has 0 amide bonds. The zero-order chi connectivity index (χ0) is 16.7. The topological polar surface area (TPSA) is 81.6 Å². The number of halogens is 1. The Balaban J connectivity index is 1.80. The quantitative estimate of drug-likeness (QED) is 0.396. The van der Waals surface area contributed by atoms with E-state index in [-0.39, 0.29) is 0 Å². The van der Waals surface area contributed by atoms with Crippen LogP contribution in [0.25, 0.3) is 11.2 Å². The molecule has 0 saturated carbocycles. The summed E-state index contributed by atoms with van der Waals surface area (Å²) in [6.45, 7) is 2.27. The van der Waals surface area contributed by atoms with Crippen molar-refractivity contribution in [1.29, 1.82) is 0 Å². The van der Waals surface area contributed by atoms with E-state index in [4.69, 9.17) is 10.7 Å². The minimum atomic E-state index is 0.554. The first kappa shape index (κ1) is 16.6. The molecule has 1 unspecified atom stereocenters. The molecule has 1 aliphatic heterocycles. The SMILES string of the molecule is NCCn1c(Sc2cc3c(cc2I)NCC3)nc2c([AsH2])ncnc21. The van der Waals surface area contributed by atoms with Gasteiger partial charge in [0.05, 0.1) is 0 Å². The predicted molar refractivity (Wildman–Crippen MR) is 108 cm³/mol. The maximum atomic E-state index is 5.81. The molecule has 0 bridgehead atoms. The van der Waals surface area contributed by atoms with Crippen molar-refractivity contribution in [2.45, 2.75) is 23.0 Å². The van der Waals surface area contributed by atoms with Crippen LogP contribution in [-0.2, 0) is 13.0 Å². The number of rotatable bonds is 4. The van der Waals surface area contributed by atoms with Crippen molar-refractivity contribution in [2.75, 3.05) is 18.4 Å². The van der Waals surface area contributed by atoms with Crippen LogP contribution < -0.4 is 15.5 Å². The van der Waals surface area contributed by atoms with Gasteiger partial charge in [0, 0.05) is 0 Å². The van der Waals surface area contributed by atoms with Gasteiger partial charge in [-0.1, -0.05) is 0 Å². The Hall–Kier alpha value is -0.832. The van der Waals surface area contributed by atoms with Crippen molar-refractivity contribution < 1.29 is 0 Å². The number of hydrogen-bond acceptors (Lipinski definition) is 6. The number of nitrogens with two attached hydrogens (primary N) is 1. The molecule has 0 aliphatic carbocycles. The number of anilines is 1. The fourth-order valence-electron chi connectivity index (χ4n) is 2.82. The summed E-state index contributed by atoms with van der Waals surface area (Å²) in [6, 6.07) is 4.49. The molecular formula is C15H16AsIN6S. The van der Waals surface area contributed by atoms with Gasteiger partial charge in [0.1, 0.15) is 0 Å². The molecule has 0 spiro atoms. The molecule has 1 aliphatic rings. The van der Waals surface area contributed by atoms with Gasteiger partial charge in [0.25, 0.3) is 0 Å². The second-order valence-corrected chi connectivity index (χ2v) is 8.80. The van der Waals surface area contributed by atoms with Crippen LogP contribution in [0.4, 0.5) is 5.69 Å². The fraction of sp³-hybridized carbons (Fsp3) is 0.267. The average Bonchev–Trinajstić information content (AvgIpc) is 3.14. The summed E-state index contributed by atoms with van der Waals surface area (Å²) in [5, 5.41) is 4.35. The first-order valence-electron chi connectivity index (χ1n) is 7.58. The first-order chi connectivity index (χ1) is 11.7. The predicted octanol–water partition coefficient (Wildman–Crippen LogP) is 0.767. The Morgan fingerprint density at radius 2 is 2.25 bits per heavy atom. The van der Waals surface area contributed by atoms with Gasteiger partial charge < -0.3 is 0 Å². The number of nitrogens with zero attached hydrogens (tertiary/aromatic N) is 4. The molecule has 4 rings (SSSR count). The van der Waals surface area contributed by atoms with Crippen molar-refractivity contribution in [2.24, 2.45) is 5.73 Å². The zero-order valence-corrected chi connectivity index (χ0v) is 18.2. The summed E-state index contributed by atoms with van der Waals surface area (Å²) < 4.78 is 4.29. The molecule has 2 aromatic heterocycles. The van der Waals surface area contributed by atoms with E-state index >= 15 is 0 Å². The van der Waals surface area contributed by atoms with E-state index in [9.17, 15) is 0 Å². The van der Waals surface area contributed by atoms with Crippen molar-refractivity contribution >= 4 is 72.5 Å². The van der Waals surface area contributed by atoms with E-state index in [1.807, 2.05) is 0 Å². The van der Waals surface area contributed by atoms with Gasteiger partial charge in [-0.15, -0.1) is 0 Å². The van der Waals surface area contributed by atoms with Gasteiger partial charge in [-0.25, -0.2) is 0 Å². The van der Waals surface area contributed by atoms with Crippen molar-refractivity contribution in [3.63, 3.8) is 0 Å². The normalized spacial score (nSPS) is 13.3. The molecule has 6 nitrogen and oxygen atoms in total. The van der Waals surface area contributed by atoms with Crippen LogP contribution in [0, 0.1) is 3.57 Å². The van der Waals surface area contributed by atoms with Crippen LogP contribution in [-0.4, -0.2) is 49.5 Å². The molecule has 0 saturated heterocycles. The van der Waals surface area contributed by atoms with E-state index in [1.54, 1.807) is 18.1 Å². The number of nitrogens with one attached hydrogen (secondary N) is 1. The Morgan fingerprint density at radius 3 is 3.08 bits per heavy atom. The Bertz CT molecular complexity index is 928. The van der Waals surface area contributed by atoms with E-state index in [2.05, 4.69) is 54.6 Å². The Labute approximate surface area is 166 Å². The molecule has 9 heteroatoms. The van der Waals surface area contributed by atoms with Gasteiger partial charge in [-0.2, -0.15) is 0 Å². The van der Waals surface area contributed by atoms with Crippen molar-refractivity contribution in [3.8, 4) is 0 Å². The maximum absolute atomic E-state index is 5.81. The van der Waals surface area contributed by atoms with Gasteiger partial charge in [-0.05, 0) is 0 Å². The van der Waals surface area contributed by atoms with Crippen molar-refractivity contribution in [1.82, 2.24) is 19.5 Å². The summed E-state index contributed by atoms with van der Waals surface area (Å²) in [5.74, 6) is 0. The third-order valence-corrected chi connectivity index (χ3v) is 7.14. The molecule has 1 aromatic carbocycles. The van der Waals surface area contributed by atoms with Crippen LogP contribution >= 0.6 is 34.4 Å². The van der Waals surface area contributed by atoms with E-state index in [1.165, 1.54) is 36.6 Å². The molecule has 3 N–H and O–H groups in total. The number of fused-ring (bicyclic) bond motifs is 2. The summed E-state index contributed by atoms with van der Waals surface area (Å²) in [4.78, 5) is 14.7. The fourth-order valence-corrected chi connectivity index (χ4v) is 5.14. The number of imidazole rings is 1. The van der Waals surface area contributed by atoms with Crippen LogP contribution in [0.2, 0.25) is 0 Å². The van der Waals surface area contributed by atoms with Crippen LogP contribution in [0.5, 0.6) is 0 Å². The summed E-state index contributed by atoms with van der Waals surface area (Å²) in [5.41, 5.74) is 10.2. The Kier molecular flexibility index (Phi) is 4.72. The van der Waals surface area contributed by atoms with Crippen molar-refractivity contribution in [3.05, 3.63) is 27.6 Å². The minimum absolute atomic E-state index is 0.554. The van der Waals surface area contributed by atoms with Crippen LogP contribution in [0.3, 0.4) is 0 Å². The molecule has 24 heavy (non-hydrogen) atoms. The third kappa shape index (κ3) is 2.93. The van der Waals surface area contributed by atoms with Crippen LogP contribution in [0.15, 0.2) is 28.5 Å². The molecule has 0 fully saturated rings. The zero-order valence-electron chi connectivity index (χ0n) is 12.8. The number of hydrogen-bond donors (Lipinski definition) is 2. The monoisotopic (exact) mass is 514 g/mol. The van der Waals surface area contributed by atoms with Crippen LogP contribution in [0.1, 0.15) is 5.56 Å². The molecular weight excluding hydrogens is 498 g/mol. The summed E-state index contributed by atoms with van der Waals surface area (Å²) >= 11 is 5.54. The van der Waals surface area contributed by atoms with E-state index in [0.29, 0.717) is 13.1 Å². The van der Waals surface area contributed by atoms with E-state index in [0.717, 1.165) is 33.8 Å². The molecule has 3 heterocycles. The molecule has 1 atom stereocenters. The molecule has 0 radical (unpaired) electrons. The number of aromatic nitrogens is 4.